The van der Waals surface area contributed by atoms with Gasteiger partial charge in [0.05, 0.1) is 25.6 Å². The Labute approximate surface area is 213 Å². The molecule has 37 heavy (non-hydrogen) atoms. The molecule has 8 nitrogen and oxygen atoms in total. The number of carbonyl (C=O) groups is 1. The van der Waals surface area contributed by atoms with Gasteiger partial charge in [-0.3, -0.25) is 9.10 Å². The maximum atomic E-state index is 13.7. The van der Waals surface area contributed by atoms with Crippen LogP contribution in [0.15, 0.2) is 71.6 Å². The monoisotopic (exact) mass is 530 g/mol. The Morgan fingerprint density at radius 1 is 1.03 bits per heavy atom. The second kappa shape index (κ2) is 10.9. The van der Waals surface area contributed by atoms with Gasteiger partial charge in [0.25, 0.3) is 10.0 Å². The number of nitrogens with one attached hydrogen (secondary N) is 1. The first-order valence-electron chi connectivity index (χ1n) is 11.1. The van der Waals surface area contributed by atoms with E-state index < -0.39 is 22.5 Å². The second-order valence-corrected chi connectivity index (χ2v) is 9.74. The van der Waals surface area contributed by atoms with Crippen LogP contribution in [0.5, 0.6) is 17.2 Å². The summed E-state index contributed by atoms with van der Waals surface area (Å²) in [7, 11) is -1.33. The van der Waals surface area contributed by atoms with Crippen LogP contribution < -0.4 is 23.8 Å². The molecular weight excluding hydrogens is 506 g/mol. The third kappa shape index (κ3) is 5.51. The van der Waals surface area contributed by atoms with Gasteiger partial charge in [-0.15, -0.1) is 0 Å². The number of hydrogen-bond acceptors (Lipinski definition) is 6. The minimum atomic E-state index is -4.05. The number of ether oxygens (including phenoxy) is 3. The van der Waals surface area contributed by atoms with Crippen LogP contribution in [-0.4, -0.2) is 41.7 Å². The lowest BCUT2D eigenvalue weighted by molar-refractivity contribution is -0.111. The van der Waals surface area contributed by atoms with E-state index in [-0.39, 0.29) is 34.4 Å². The van der Waals surface area contributed by atoms with Gasteiger partial charge in [-0.1, -0.05) is 30.3 Å². The summed E-state index contributed by atoms with van der Waals surface area (Å²) in [6.45, 7) is -2.78. The number of hydrogen-bond donors (Lipinski definition) is 1. The van der Waals surface area contributed by atoms with Crippen molar-refractivity contribution in [3.05, 3.63) is 77.9 Å². The number of sulfonamides is 1. The van der Waals surface area contributed by atoms with E-state index in [1.807, 2.05) is 12.1 Å². The van der Waals surface area contributed by atoms with E-state index in [4.69, 9.17) is 9.47 Å². The number of benzene rings is 3. The first kappa shape index (κ1) is 26.0. The maximum Gasteiger partial charge on any atom is 0.387 e. The van der Waals surface area contributed by atoms with Crippen molar-refractivity contribution in [1.29, 1.82) is 0 Å². The number of amides is 1. The molecule has 4 rings (SSSR count). The molecule has 0 aromatic heterocycles. The van der Waals surface area contributed by atoms with Gasteiger partial charge in [0.15, 0.2) is 11.5 Å². The van der Waals surface area contributed by atoms with Crippen LogP contribution in [0.1, 0.15) is 11.1 Å². The number of nitrogens with zero attached hydrogens (tertiary/aromatic N) is 1. The molecule has 0 aliphatic carbocycles. The van der Waals surface area contributed by atoms with Crippen LogP contribution in [0, 0.1) is 0 Å². The van der Waals surface area contributed by atoms with E-state index >= 15 is 0 Å². The Hall–Kier alpha value is -4.12. The molecule has 0 spiro atoms. The van der Waals surface area contributed by atoms with Crippen molar-refractivity contribution in [2.45, 2.75) is 17.9 Å². The normalized spacial score (nSPS) is 13.1. The smallest absolute Gasteiger partial charge is 0.387 e. The van der Waals surface area contributed by atoms with Crippen molar-refractivity contribution in [2.75, 3.05) is 30.4 Å². The van der Waals surface area contributed by atoms with Crippen LogP contribution in [0.4, 0.5) is 20.2 Å². The Balaban J connectivity index is 1.65. The van der Waals surface area contributed by atoms with Gasteiger partial charge >= 0.3 is 6.61 Å². The summed E-state index contributed by atoms with van der Waals surface area (Å²) >= 11 is 0. The van der Waals surface area contributed by atoms with Gasteiger partial charge in [0.1, 0.15) is 10.6 Å². The van der Waals surface area contributed by atoms with Crippen LogP contribution in [-0.2, 0) is 21.2 Å². The molecule has 0 radical (unpaired) electrons. The van der Waals surface area contributed by atoms with Crippen molar-refractivity contribution in [1.82, 2.24) is 0 Å². The third-order valence-corrected chi connectivity index (χ3v) is 7.49. The summed E-state index contributed by atoms with van der Waals surface area (Å²) in [6, 6.07) is 15.9. The van der Waals surface area contributed by atoms with Gasteiger partial charge in [0.2, 0.25) is 5.91 Å². The molecule has 3 aromatic carbocycles. The lowest BCUT2D eigenvalue weighted by atomic mass is 10.2. The molecule has 0 fully saturated rings. The average molecular weight is 531 g/mol. The van der Waals surface area contributed by atoms with Gasteiger partial charge in [-0.2, -0.15) is 8.78 Å². The van der Waals surface area contributed by atoms with Crippen LogP contribution in [0.3, 0.4) is 0 Å². The molecule has 0 unspecified atom stereocenters. The largest absolute Gasteiger partial charge is 0.493 e. The number of rotatable bonds is 9. The third-order valence-electron chi connectivity index (χ3n) is 5.67. The molecule has 1 aliphatic heterocycles. The minimum absolute atomic E-state index is 0.0338. The zero-order valence-corrected chi connectivity index (χ0v) is 20.8. The number of alkyl halides is 2. The first-order valence-corrected chi connectivity index (χ1v) is 12.6. The summed E-state index contributed by atoms with van der Waals surface area (Å²) in [4.78, 5) is 12.4. The Morgan fingerprint density at radius 3 is 2.49 bits per heavy atom. The average Bonchev–Trinajstić information content (AvgIpc) is 3.33. The molecule has 194 valence electrons. The Morgan fingerprint density at radius 2 is 1.76 bits per heavy atom. The number of methoxy groups -OCH3 is 2. The molecule has 1 amide bonds. The topological polar surface area (TPSA) is 94.2 Å². The predicted molar refractivity (Wildman–Crippen MR) is 135 cm³/mol. The summed E-state index contributed by atoms with van der Waals surface area (Å²) in [6.07, 6.45) is 3.10. The number of fused-ring (bicyclic) bond motifs is 1. The van der Waals surface area contributed by atoms with E-state index in [0.717, 1.165) is 11.6 Å². The number of anilines is 2. The van der Waals surface area contributed by atoms with Crippen LogP contribution in [0.2, 0.25) is 0 Å². The number of carbonyl (C=O) groups excluding carboxylic acids is 1. The van der Waals surface area contributed by atoms with Crippen LogP contribution >= 0.6 is 0 Å². The summed E-state index contributed by atoms with van der Waals surface area (Å²) in [5.41, 5.74) is 1.91. The van der Waals surface area contributed by atoms with E-state index in [9.17, 15) is 22.0 Å². The Kier molecular flexibility index (Phi) is 7.63. The van der Waals surface area contributed by atoms with E-state index in [0.29, 0.717) is 17.7 Å². The zero-order chi connectivity index (χ0) is 26.6. The molecule has 1 N–H and O–H groups in total. The molecule has 11 heteroatoms. The molecule has 1 heterocycles. The molecule has 0 saturated carbocycles. The lowest BCUT2D eigenvalue weighted by Gasteiger charge is -2.22. The first-order chi connectivity index (χ1) is 17.7. The SMILES string of the molecule is COc1cc(/C=C/C(=O)Nc2ccccc2OC(F)F)cc(S(=O)(=O)N2CCc3ccccc32)c1OC. The zero-order valence-electron chi connectivity index (χ0n) is 20.0. The van der Waals surface area contributed by atoms with Crippen molar-refractivity contribution in [2.24, 2.45) is 0 Å². The van der Waals surface area contributed by atoms with E-state index in [1.54, 1.807) is 18.2 Å². The van der Waals surface area contributed by atoms with Crippen LogP contribution in [0.25, 0.3) is 6.08 Å². The maximum absolute atomic E-state index is 13.7. The number of halogens is 2. The lowest BCUT2D eigenvalue weighted by Crippen LogP contribution is -2.29. The highest BCUT2D eigenvalue weighted by Gasteiger charge is 2.34. The fourth-order valence-corrected chi connectivity index (χ4v) is 5.74. The minimum Gasteiger partial charge on any atom is -0.493 e. The van der Waals surface area contributed by atoms with Crippen molar-refractivity contribution < 1.29 is 36.2 Å². The molecule has 1 aliphatic rings. The fourth-order valence-electron chi connectivity index (χ4n) is 4.03. The molecule has 3 aromatic rings. The van der Waals surface area contributed by atoms with Gasteiger partial charge in [0, 0.05) is 12.6 Å². The summed E-state index contributed by atoms with van der Waals surface area (Å²) < 4.78 is 69.2. The molecule has 0 saturated heterocycles. The standard InChI is InChI=1S/C26H24F2N2O6S/c1-34-22-15-17(11-12-24(31)29-19-8-4-6-10-21(19)36-26(27)28)16-23(25(22)35-2)37(32,33)30-14-13-18-7-3-5-9-20(18)30/h3-12,15-16,26H,13-14H2,1-2H3,(H,29,31)/b12-11+. The van der Waals surface area contributed by atoms with Crippen molar-refractivity contribution in [3.63, 3.8) is 0 Å². The Bertz CT molecular complexity index is 1440. The van der Waals surface area contributed by atoms with Gasteiger partial charge in [-0.25, -0.2) is 8.42 Å². The fraction of sp³-hybridized carbons (Fsp3) is 0.192. The van der Waals surface area contributed by atoms with Gasteiger partial charge < -0.3 is 19.5 Å². The van der Waals surface area contributed by atoms with E-state index in [1.165, 1.54) is 54.9 Å². The molecule has 0 bridgehead atoms. The quantitative estimate of drug-likeness (QED) is 0.403. The predicted octanol–water partition coefficient (Wildman–Crippen LogP) is 4.71. The highest BCUT2D eigenvalue weighted by molar-refractivity contribution is 7.93. The second-order valence-electron chi connectivity index (χ2n) is 7.91. The summed E-state index contributed by atoms with van der Waals surface area (Å²) in [5, 5.41) is 2.47. The highest BCUT2D eigenvalue weighted by atomic mass is 32.2. The highest BCUT2D eigenvalue weighted by Crippen LogP contribution is 2.40. The van der Waals surface area contributed by atoms with Gasteiger partial charge in [-0.05, 0) is 54.0 Å². The van der Waals surface area contributed by atoms with Crippen molar-refractivity contribution >= 4 is 33.4 Å². The number of para-hydroxylation sites is 3. The van der Waals surface area contributed by atoms with E-state index in [2.05, 4.69) is 10.1 Å². The summed E-state index contributed by atoms with van der Waals surface area (Å²) in [5.74, 6) is -0.638. The molecule has 0 atom stereocenters. The molecular formula is C26H24F2N2O6S. The van der Waals surface area contributed by atoms with Crippen molar-refractivity contribution in [3.8, 4) is 17.2 Å².